The molecule has 1 N–H and O–H groups in total. The summed E-state index contributed by atoms with van der Waals surface area (Å²) in [6.45, 7) is 6.02. The number of nitrogens with zero attached hydrogens (tertiary/aromatic N) is 1. The average molecular weight is 403 g/mol. The Morgan fingerprint density at radius 1 is 1.22 bits per heavy atom. The Labute approximate surface area is 169 Å². The van der Waals surface area contributed by atoms with Gasteiger partial charge in [-0.05, 0) is 65.9 Å². The van der Waals surface area contributed by atoms with Gasteiger partial charge in [0.05, 0.1) is 17.2 Å². The molecule has 0 atom stereocenters. The summed E-state index contributed by atoms with van der Waals surface area (Å²) in [5.41, 5.74) is 3.16. The monoisotopic (exact) mass is 402 g/mol. The molecule has 4 nitrogen and oxygen atoms in total. The van der Waals surface area contributed by atoms with Gasteiger partial charge in [0.1, 0.15) is 17.4 Å². The molecule has 27 heavy (non-hydrogen) atoms. The Morgan fingerprint density at radius 3 is 2.48 bits per heavy atom. The lowest BCUT2D eigenvalue weighted by Crippen LogP contribution is -2.13. The van der Waals surface area contributed by atoms with E-state index >= 15 is 0 Å². The van der Waals surface area contributed by atoms with Crippen molar-refractivity contribution in [2.45, 2.75) is 26.7 Å². The summed E-state index contributed by atoms with van der Waals surface area (Å²) < 4.78 is 5.43. The highest BCUT2D eigenvalue weighted by molar-refractivity contribution is 6.42. The number of ether oxygens (including phenoxy) is 1. The van der Waals surface area contributed by atoms with Crippen molar-refractivity contribution < 1.29 is 9.53 Å². The van der Waals surface area contributed by atoms with Crippen LogP contribution in [0.4, 0.5) is 5.69 Å². The number of halogens is 2. The molecule has 0 aliphatic heterocycles. The van der Waals surface area contributed by atoms with Gasteiger partial charge < -0.3 is 10.1 Å². The van der Waals surface area contributed by atoms with Crippen LogP contribution in [0.5, 0.6) is 5.75 Å². The van der Waals surface area contributed by atoms with Crippen LogP contribution >= 0.6 is 23.2 Å². The zero-order valence-corrected chi connectivity index (χ0v) is 17.1. The number of anilines is 1. The van der Waals surface area contributed by atoms with E-state index in [4.69, 9.17) is 27.9 Å². The summed E-state index contributed by atoms with van der Waals surface area (Å²) in [5.74, 6) is 0.513. The van der Waals surface area contributed by atoms with E-state index < -0.39 is 5.91 Å². The molecular weight excluding hydrogens is 383 g/mol. The molecule has 0 aliphatic rings. The van der Waals surface area contributed by atoms with Gasteiger partial charge in [-0.15, -0.1) is 0 Å². The SMILES string of the molecule is COc1cc(C)c(/C=C(\C#N)C(=O)Nc2ccc(Cl)c(Cl)c2)cc1C(C)C. The molecule has 0 fully saturated rings. The quantitative estimate of drug-likeness (QED) is 0.494. The van der Waals surface area contributed by atoms with Crippen molar-refractivity contribution in [2.75, 3.05) is 12.4 Å². The molecule has 6 heteroatoms. The molecule has 0 aliphatic carbocycles. The molecular formula is C21H20Cl2N2O2. The van der Waals surface area contributed by atoms with E-state index in [0.717, 1.165) is 22.4 Å². The van der Waals surface area contributed by atoms with Crippen LogP contribution < -0.4 is 10.1 Å². The molecule has 0 spiro atoms. The highest BCUT2D eigenvalue weighted by Crippen LogP contribution is 2.31. The highest BCUT2D eigenvalue weighted by Gasteiger charge is 2.14. The number of hydrogen-bond donors (Lipinski definition) is 1. The predicted octanol–water partition coefficient (Wildman–Crippen LogP) is 5.98. The van der Waals surface area contributed by atoms with Crippen molar-refractivity contribution in [3.63, 3.8) is 0 Å². The number of methoxy groups -OCH3 is 1. The van der Waals surface area contributed by atoms with Crippen molar-refractivity contribution in [3.8, 4) is 11.8 Å². The van der Waals surface area contributed by atoms with E-state index in [0.29, 0.717) is 15.7 Å². The Balaban J connectivity index is 2.37. The third-order valence-corrected chi connectivity index (χ3v) is 4.82. The molecule has 140 valence electrons. The van der Waals surface area contributed by atoms with Crippen LogP contribution in [-0.2, 0) is 4.79 Å². The molecule has 2 aromatic carbocycles. The minimum absolute atomic E-state index is 0.0101. The summed E-state index contributed by atoms with van der Waals surface area (Å²) in [7, 11) is 1.63. The number of rotatable bonds is 5. The van der Waals surface area contributed by atoms with Gasteiger partial charge in [-0.2, -0.15) is 5.26 Å². The molecule has 0 heterocycles. The van der Waals surface area contributed by atoms with Gasteiger partial charge in [-0.25, -0.2) is 0 Å². The molecule has 0 bridgehead atoms. The molecule has 0 saturated heterocycles. The Kier molecular flexibility index (Phi) is 6.90. The zero-order chi connectivity index (χ0) is 20.1. The molecule has 0 radical (unpaired) electrons. The highest BCUT2D eigenvalue weighted by atomic mass is 35.5. The second-order valence-electron chi connectivity index (χ2n) is 6.36. The first-order valence-electron chi connectivity index (χ1n) is 8.33. The Hall–Kier alpha value is -2.48. The van der Waals surface area contributed by atoms with Gasteiger partial charge in [0.25, 0.3) is 5.91 Å². The fourth-order valence-corrected chi connectivity index (χ4v) is 2.87. The second kappa shape index (κ2) is 8.94. The number of carbonyl (C=O) groups is 1. The van der Waals surface area contributed by atoms with Crippen LogP contribution in [-0.4, -0.2) is 13.0 Å². The Morgan fingerprint density at radius 2 is 1.93 bits per heavy atom. The maximum absolute atomic E-state index is 12.5. The van der Waals surface area contributed by atoms with Crippen molar-refractivity contribution in [1.29, 1.82) is 5.26 Å². The number of nitrogens with one attached hydrogen (secondary N) is 1. The molecule has 0 aromatic heterocycles. The number of amides is 1. The number of hydrogen-bond acceptors (Lipinski definition) is 3. The molecule has 1 amide bonds. The van der Waals surface area contributed by atoms with Gasteiger partial charge >= 0.3 is 0 Å². The lowest BCUT2D eigenvalue weighted by Gasteiger charge is -2.15. The van der Waals surface area contributed by atoms with E-state index in [2.05, 4.69) is 19.2 Å². The van der Waals surface area contributed by atoms with Crippen LogP contribution in [0.1, 0.15) is 36.5 Å². The van der Waals surface area contributed by atoms with Gasteiger partial charge in [0, 0.05) is 5.69 Å². The zero-order valence-electron chi connectivity index (χ0n) is 15.6. The summed E-state index contributed by atoms with van der Waals surface area (Å²) in [6, 6.07) is 10.6. The van der Waals surface area contributed by atoms with E-state index in [1.54, 1.807) is 25.3 Å². The first-order chi connectivity index (χ1) is 12.8. The van der Waals surface area contributed by atoms with Crippen LogP contribution in [0, 0.1) is 18.3 Å². The average Bonchev–Trinajstić information content (AvgIpc) is 2.63. The third kappa shape index (κ3) is 5.03. The van der Waals surface area contributed by atoms with Gasteiger partial charge in [-0.3, -0.25) is 4.79 Å². The van der Waals surface area contributed by atoms with Crippen molar-refractivity contribution >= 4 is 40.9 Å². The topological polar surface area (TPSA) is 62.1 Å². The first-order valence-corrected chi connectivity index (χ1v) is 9.09. The Bertz CT molecular complexity index is 944. The molecule has 2 rings (SSSR count). The van der Waals surface area contributed by atoms with Crippen LogP contribution in [0.15, 0.2) is 35.9 Å². The van der Waals surface area contributed by atoms with Gasteiger partial charge in [0.2, 0.25) is 0 Å². The summed E-state index contributed by atoms with van der Waals surface area (Å²) in [6.07, 6.45) is 1.58. The molecule has 0 saturated carbocycles. The lowest BCUT2D eigenvalue weighted by molar-refractivity contribution is -0.112. The number of carbonyl (C=O) groups excluding carboxylic acids is 1. The largest absolute Gasteiger partial charge is 0.496 e. The van der Waals surface area contributed by atoms with E-state index in [1.807, 2.05) is 25.1 Å². The molecule has 2 aromatic rings. The van der Waals surface area contributed by atoms with Crippen LogP contribution in [0.25, 0.3) is 6.08 Å². The van der Waals surface area contributed by atoms with E-state index in [9.17, 15) is 10.1 Å². The van der Waals surface area contributed by atoms with Gasteiger partial charge in [-0.1, -0.05) is 37.0 Å². The van der Waals surface area contributed by atoms with Gasteiger partial charge in [0.15, 0.2) is 0 Å². The van der Waals surface area contributed by atoms with Crippen molar-refractivity contribution in [1.82, 2.24) is 0 Å². The molecule has 0 unspecified atom stereocenters. The number of nitriles is 1. The van der Waals surface area contributed by atoms with Crippen molar-refractivity contribution in [3.05, 3.63) is 62.6 Å². The van der Waals surface area contributed by atoms with Crippen molar-refractivity contribution in [2.24, 2.45) is 0 Å². The normalized spacial score (nSPS) is 11.3. The van der Waals surface area contributed by atoms with E-state index in [1.165, 1.54) is 6.07 Å². The fourth-order valence-electron chi connectivity index (χ4n) is 2.58. The van der Waals surface area contributed by atoms with Crippen LogP contribution in [0.2, 0.25) is 10.0 Å². The predicted molar refractivity (Wildman–Crippen MR) is 111 cm³/mol. The fraction of sp³-hybridized carbons (Fsp3) is 0.238. The smallest absolute Gasteiger partial charge is 0.266 e. The maximum Gasteiger partial charge on any atom is 0.266 e. The van der Waals surface area contributed by atoms with Crippen LogP contribution in [0.3, 0.4) is 0 Å². The second-order valence-corrected chi connectivity index (χ2v) is 7.17. The lowest BCUT2D eigenvalue weighted by atomic mass is 9.95. The number of benzene rings is 2. The standard InChI is InChI=1S/C21H20Cl2N2O2/c1-12(2)17-9-14(13(3)7-20(17)27-4)8-15(11-24)21(26)25-16-5-6-18(22)19(23)10-16/h5-10,12H,1-4H3,(H,25,26)/b15-8+. The summed E-state index contributed by atoms with van der Waals surface area (Å²) in [5, 5.41) is 12.8. The third-order valence-electron chi connectivity index (χ3n) is 4.08. The summed E-state index contributed by atoms with van der Waals surface area (Å²) in [4.78, 5) is 12.5. The number of aryl methyl sites for hydroxylation is 1. The van der Waals surface area contributed by atoms with E-state index in [-0.39, 0.29) is 11.5 Å². The summed E-state index contributed by atoms with van der Waals surface area (Å²) >= 11 is 11.8. The minimum Gasteiger partial charge on any atom is -0.496 e. The first kappa shape index (κ1) is 20.8. The maximum atomic E-state index is 12.5. The minimum atomic E-state index is -0.516.